The summed E-state index contributed by atoms with van der Waals surface area (Å²) in [5.74, 6) is -0.709. The molecule has 2 aromatic heterocycles. The van der Waals surface area contributed by atoms with Gasteiger partial charge >= 0.3 is 0 Å². The molecule has 0 saturated heterocycles. The highest BCUT2D eigenvalue weighted by molar-refractivity contribution is 7.03. The van der Waals surface area contributed by atoms with Crippen molar-refractivity contribution in [2.45, 2.75) is 32.4 Å². The molecule has 0 saturated carbocycles. The quantitative estimate of drug-likeness (QED) is 0.716. The van der Waals surface area contributed by atoms with Gasteiger partial charge < -0.3 is 5.32 Å². The Bertz CT molecular complexity index is 924. The largest absolute Gasteiger partial charge is 0.349 e. The molecule has 0 fully saturated rings. The summed E-state index contributed by atoms with van der Waals surface area (Å²) < 4.78 is 3.79. The molecule has 144 valence electrons. The van der Waals surface area contributed by atoms with Crippen molar-refractivity contribution in [3.05, 3.63) is 71.5 Å². The predicted octanol–water partition coefficient (Wildman–Crippen LogP) is 3.24. The van der Waals surface area contributed by atoms with E-state index in [-0.39, 0.29) is 11.6 Å². The number of para-hydroxylation sites is 1. The highest BCUT2D eigenvalue weighted by atomic mass is 32.1. The molecular formula is C20H21N5O2S. The number of nitrogens with one attached hydrogen (secondary N) is 1. The van der Waals surface area contributed by atoms with E-state index in [1.54, 1.807) is 42.0 Å². The maximum Gasteiger partial charge on any atom is 0.280 e. The Hall–Kier alpha value is -3.13. The number of hydrogen-bond donors (Lipinski definition) is 1. The SMILES string of the molecule is CC(C)(C)NC(=O)[C@@H](c1cccnc1)N(C(=O)c1csnn1)c1ccccc1. The van der Waals surface area contributed by atoms with Crippen molar-refractivity contribution in [1.29, 1.82) is 0 Å². The van der Waals surface area contributed by atoms with Crippen LogP contribution in [0.25, 0.3) is 0 Å². The number of rotatable bonds is 5. The van der Waals surface area contributed by atoms with Crippen molar-refractivity contribution < 1.29 is 9.59 Å². The van der Waals surface area contributed by atoms with Gasteiger partial charge in [0, 0.05) is 34.6 Å². The lowest BCUT2D eigenvalue weighted by molar-refractivity contribution is -0.123. The lowest BCUT2D eigenvalue weighted by Crippen LogP contribution is -2.49. The molecule has 0 aliphatic carbocycles. The summed E-state index contributed by atoms with van der Waals surface area (Å²) in [7, 11) is 0. The number of benzene rings is 1. The Morgan fingerprint density at radius 2 is 1.86 bits per heavy atom. The molecule has 7 nitrogen and oxygen atoms in total. The van der Waals surface area contributed by atoms with Gasteiger partial charge in [0.05, 0.1) is 0 Å². The number of carbonyl (C=O) groups excluding carboxylic acids is 2. The van der Waals surface area contributed by atoms with Gasteiger partial charge in [-0.15, -0.1) is 5.10 Å². The molecule has 3 aromatic rings. The van der Waals surface area contributed by atoms with E-state index in [0.717, 1.165) is 11.5 Å². The first-order valence-electron chi connectivity index (χ1n) is 8.74. The molecule has 0 aliphatic heterocycles. The van der Waals surface area contributed by atoms with Crippen LogP contribution in [0.4, 0.5) is 5.69 Å². The number of pyridine rings is 1. The monoisotopic (exact) mass is 395 g/mol. The summed E-state index contributed by atoms with van der Waals surface area (Å²) in [6, 6.07) is 11.7. The molecular weight excluding hydrogens is 374 g/mol. The Morgan fingerprint density at radius 3 is 2.43 bits per heavy atom. The zero-order chi connectivity index (χ0) is 20.1. The molecule has 0 bridgehead atoms. The van der Waals surface area contributed by atoms with Gasteiger partial charge in [-0.2, -0.15) is 0 Å². The highest BCUT2D eigenvalue weighted by Gasteiger charge is 2.35. The second-order valence-corrected chi connectivity index (χ2v) is 7.84. The predicted molar refractivity (Wildman–Crippen MR) is 108 cm³/mol. The minimum atomic E-state index is -0.912. The zero-order valence-electron chi connectivity index (χ0n) is 15.9. The summed E-state index contributed by atoms with van der Waals surface area (Å²) in [5, 5.41) is 8.45. The average Bonchev–Trinajstić information content (AvgIpc) is 3.20. The van der Waals surface area contributed by atoms with Gasteiger partial charge in [0.1, 0.15) is 6.04 Å². The number of amides is 2. The smallest absolute Gasteiger partial charge is 0.280 e. The van der Waals surface area contributed by atoms with Crippen molar-refractivity contribution in [2.75, 3.05) is 4.90 Å². The Labute approximate surface area is 167 Å². The third kappa shape index (κ3) is 4.58. The van der Waals surface area contributed by atoms with Gasteiger partial charge in [-0.3, -0.25) is 19.5 Å². The number of carbonyl (C=O) groups is 2. The lowest BCUT2D eigenvalue weighted by atomic mass is 10.0. The molecule has 28 heavy (non-hydrogen) atoms. The van der Waals surface area contributed by atoms with Crippen LogP contribution in [0.2, 0.25) is 0 Å². The number of nitrogens with zero attached hydrogens (tertiary/aromatic N) is 4. The second kappa shape index (κ2) is 8.26. The van der Waals surface area contributed by atoms with Crippen LogP contribution in [0.15, 0.2) is 60.2 Å². The minimum absolute atomic E-state index is 0.186. The fourth-order valence-corrected chi connectivity index (χ4v) is 3.18. The molecule has 1 atom stereocenters. The Balaban J connectivity index is 2.13. The van der Waals surface area contributed by atoms with Gasteiger partial charge in [0.25, 0.3) is 5.91 Å². The van der Waals surface area contributed by atoms with Crippen molar-refractivity contribution >= 4 is 29.0 Å². The van der Waals surface area contributed by atoms with Gasteiger partial charge in [0.15, 0.2) is 5.69 Å². The van der Waals surface area contributed by atoms with Gasteiger partial charge in [-0.05, 0) is 50.5 Å². The molecule has 3 rings (SSSR count). The third-order valence-electron chi connectivity index (χ3n) is 3.84. The first-order valence-corrected chi connectivity index (χ1v) is 9.58. The molecule has 2 heterocycles. The number of aromatic nitrogens is 3. The van der Waals surface area contributed by atoms with Crippen LogP contribution in [0.3, 0.4) is 0 Å². The van der Waals surface area contributed by atoms with Gasteiger partial charge in [-0.1, -0.05) is 28.8 Å². The molecule has 8 heteroatoms. The maximum absolute atomic E-state index is 13.3. The van der Waals surface area contributed by atoms with E-state index in [2.05, 4.69) is 19.9 Å². The van der Waals surface area contributed by atoms with E-state index >= 15 is 0 Å². The van der Waals surface area contributed by atoms with Gasteiger partial charge in [-0.25, -0.2) is 0 Å². The van der Waals surface area contributed by atoms with Crippen LogP contribution in [0, 0.1) is 0 Å². The van der Waals surface area contributed by atoms with Crippen LogP contribution in [-0.2, 0) is 4.79 Å². The van der Waals surface area contributed by atoms with Crippen LogP contribution < -0.4 is 10.2 Å². The maximum atomic E-state index is 13.3. The summed E-state index contributed by atoms with van der Waals surface area (Å²) in [4.78, 5) is 32.2. The second-order valence-electron chi connectivity index (χ2n) is 7.23. The van der Waals surface area contributed by atoms with Crippen LogP contribution >= 0.6 is 11.5 Å². The van der Waals surface area contributed by atoms with E-state index < -0.39 is 17.5 Å². The normalized spacial score (nSPS) is 12.2. The van der Waals surface area contributed by atoms with E-state index in [1.165, 1.54) is 4.90 Å². The van der Waals surface area contributed by atoms with E-state index in [4.69, 9.17) is 0 Å². The third-order valence-corrected chi connectivity index (χ3v) is 4.34. The Morgan fingerprint density at radius 1 is 1.11 bits per heavy atom. The number of hydrogen-bond acceptors (Lipinski definition) is 6. The first kappa shape index (κ1) is 19.6. The Kier molecular flexibility index (Phi) is 5.79. The number of anilines is 1. The van der Waals surface area contributed by atoms with Crippen molar-refractivity contribution in [3.8, 4) is 0 Å². The van der Waals surface area contributed by atoms with E-state index in [0.29, 0.717) is 11.3 Å². The minimum Gasteiger partial charge on any atom is -0.349 e. The molecule has 0 unspecified atom stereocenters. The van der Waals surface area contributed by atoms with Crippen molar-refractivity contribution in [3.63, 3.8) is 0 Å². The molecule has 0 aliphatic rings. The molecule has 2 amide bonds. The fraction of sp³-hybridized carbons (Fsp3) is 0.250. The topological polar surface area (TPSA) is 88.1 Å². The summed E-state index contributed by atoms with van der Waals surface area (Å²) >= 11 is 1.08. The molecule has 0 radical (unpaired) electrons. The first-order chi connectivity index (χ1) is 13.4. The van der Waals surface area contributed by atoms with Crippen LogP contribution in [0.5, 0.6) is 0 Å². The van der Waals surface area contributed by atoms with E-state index in [9.17, 15) is 9.59 Å². The summed E-state index contributed by atoms with van der Waals surface area (Å²) in [5.41, 5.74) is 0.903. The van der Waals surface area contributed by atoms with Crippen LogP contribution in [0.1, 0.15) is 42.9 Å². The zero-order valence-corrected chi connectivity index (χ0v) is 16.7. The summed E-state index contributed by atoms with van der Waals surface area (Å²) in [6.07, 6.45) is 3.22. The van der Waals surface area contributed by atoms with Crippen molar-refractivity contribution in [2.24, 2.45) is 0 Å². The highest BCUT2D eigenvalue weighted by Crippen LogP contribution is 2.29. The molecule has 1 N–H and O–H groups in total. The van der Waals surface area contributed by atoms with E-state index in [1.807, 2.05) is 39.0 Å². The standard InChI is InChI=1S/C20H21N5O2S/c1-20(2,3)22-18(26)17(14-8-7-11-21-12-14)25(15-9-5-4-6-10-15)19(27)16-13-28-24-23-16/h4-13,17H,1-3H3,(H,22,26)/t17-/m1/s1. The lowest BCUT2D eigenvalue weighted by Gasteiger charge is -2.33. The molecule has 0 spiro atoms. The molecule has 1 aromatic carbocycles. The average molecular weight is 395 g/mol. The van der Waals surface area contributed by atoms with Crippen LogP contribution in [-0.4, -0.2) is 31.9 Å². The van der Waals surface area contributed by atoms with Crippen molar-refractivity contribution in [1.82, 2.24) is 19.9 Å². The summed E-state index contributed by atoms with van der Waals surface area (Å²) in [6.45, 7) is 5.68. The fourth-order valence-electron chi connectivity index (χ4n) is 2.75. The van der Waals surface area contributed by atoms with Gasteiger partial charge in [0.2, 0.25) is 5.91 Å².